The largest absolute Gasteiger partial charge is 0.485 e. The fourth-order valence-electron chi connectivity index (χ4n) is 8.80. The SMILES string of the molecule is O=C(O[C@H]1Cc2ccccc2C[C@H]1OC(=O)c1cc(OCc2ccccc2)c(OCc2ccccc2)c(OCc2ccccc2)c1)c1cc(OCc2ccccc2)c(OCc2ccccc2)c(OCc2ccccc2)c1. The van der Waals surface area contributed by atoms with Crippen LogP contribution in [0.1, 0.15) is 65.2 Å². The van der Waals surface area contributed by atoms with Crippen LogP contribution in [0.25, 0.3) is 0 Å². The second-order valence-corrected chi connectivity index (χ2v) is 18.3. The summed E-state index contributed by atoms with van der Waals surface area (Å²) >= 11 is 0. The van der Waals surface area contributed by atoms with E-state index in [1.165, 1.54) is 0 Å². The van der Waals surface area contributed by atoms with Gasteiger partial charge in [0.1, 0.15) is 51.8 Å². The number of carbonyl (C=O) groups is 2. The molecule has 9 aromatic carbocycles. The molecule has 0 bridgehead atoms. The summed E-state index contributed by atoms with van der Waals surface area (Å²) in [6.45, 7) is 1.19. The van der Waals surface area contributed by atoms with Gasteiger partial charge in [0.2, 0.25) is 11.5 Å². The molecule has 76 heavy (non-hydrogen) atoms. The van der Waals surface area contributed by atoms with Crippen molar-refractivity contribution in [2.45, 2.75) is 64.7 Å². The first-order valence-electron chi connectivity index (χ1n) is 25.3. The molecule has 10 nitrogen and oxygen atoms in total. The maximum absolute atomic E-state index is 14.8. The molecule has 10 heteroatoms. The Balaban J connectivity index is 0.968. The second kappa shape index (κ2) is 25.1. The lowest BCUT2D eigenvalue weighted by Crippen LogP contribution is -2.41. The van der Waals surface area contributed by atoms with Gasteiger partial charge in [-0.05, 0) is 68.8 Å². The van der Waals surface area contributed by atoms with Crippen LogP contribution in [-0.2, 0) is 62.0 Å². The lowest BCUT2D eigenvalue weighted by atomic mass is 9.87. The zero-order valence-electron chi connectivity index (χ0n) is 41.8. The molecule has 380 valence electrons. The third-order valence-corrected chi connectivity index (χ3v) is 12.8. The van der Waals surface area contributed by atoms with Crippen molar-refractivity contribution in [3.8, 4) is 34.5 Å². The van der Waals surface area contributed by atoms with E-state index in [9.17, 15) is 9.59 Å². The Kier molecular flexibility index (Phi) is 16.6. The van der Waals surface area contributed by atoms with E-state index in [-0.39, 0.29) is 63.6 Å². The number of hydrogen-bond donors (Lipinski definition) is 0. The minimum absolute atomic E-state index is 0.161. The topological polar surface area (TPSA) is 108 Å². The maximum atomic E-state index is 14.8. The van der Waals surface area contributed by atoms with Gasteiger partial charge in [0.15, 0.2) is 23.0 Å². The third-order valence-electron chi connectivity index (χ3n) is 12.8. The maximum Gasteiger partial charge on any atom is 0.338 e. The number of rotatable bonds is 22. The van der Waals surface area contributed by atoms with E-state index in [0.717, 1.165) is 44.5 Å². The fourth-order valence-corrected chi connectivity index (χ4v) is 8.80. The van der Waals surface area contributed by atoms with Crippen molar-refractivity contribution < 1.29 is 47.5 Å². The highest BCUT2D eigenvalue weighted by Crippen LogP contribution is 2.43. The summed E-state index contributed by atoms with van der Waals surface area (Å²) in [4.78, 5) is 29.6. The van der Waals surface area contributed by atoms with Crippen molar-refractivity contribution in [3.05, 3.63) is 286 Å². The average molecular weight is 1010 g/mol. The number of fused-ring (bicyclic) bond motifs is 1. The van der Waals surface area contributed by atoms with Crippen LogP contribution in [0.15, 0.2) is 231 Å². The highest BCUT2D eigenvalue weighted by atomic mass is 16.6. The zero-order chi connectivity index (χ0) is 51.7. The fraction of sp³-hybridized carbons (Fsp3) is 0.152. The summed E-state index contributed by atoms with van der Waals surface area (Å²) in [7, 11) is 0. The number of esters is 2. The molecule has 1 aliphatic rings. The molecule has 0 aromatic heterocycles. The number of benzene rings is 9. The molecule has 0 fully saturated rings. The molecular weight excluding hydrogens is 953 g/mol. The predicted molar refractivity (Wildman–Crippen MR) is 290 cm³/mol. The highest BCUT2D eigenvalue weighted by Gasteiger charge is 2.36. The van der Waals surface area contributed by atoms with Crippen LogP contribution in [0.3, 0.4) is 0 Å². The standard InChI is InChI=1S/C66H56O10/c67-65(55-37-59(69-41-47-21-7-1-8-22-47)63(73-45-51-29-15-5-16-30-51)60(38-55)70-42-48-23-9-2-10-24-48)75-57-35-53-33-19-20-34-54(53)36-58(57)76-66(68)56-39-61(71-43-49-25-11-3-12-26-49)64(74-46-52-31-17-6-18-32-52)62(40-56)72-44-50-27-13-4-14-28-50/h1-34,37-40,57-58H,35-36,41-46H2/t57-,58+. The van der Waals surface area contributed by atoms with E-state index < -0.39 is 24.1 Å². The van der Waals surface area contributed by atoms with Crippen molar-refractivity contribution >= 4 is 11.9 Å². The third kappa shape index (κ3) is 13.5. The zero-order valence-corrected chi connectivity index (χ0v) is 41.8. The quantitative estimate of drug-likeness (QED) is 0.0609. The summed E-state index contributed by atoms with van der Waals surface area (Å²) in [6, 6.07) is 72.9. The van der Waals surface area contributed by atoms with Gasteiger partial charge in [0, 0.05) is 12.8 Å². The van der Waals surface area contributed by atoms with Crippen LogP contribution in [0, 0.1) is 0 Å². The number of hydrogen-bond acceptors (Lipinski definition) is 10. The molecule has 0 N–H and O–H groups in total. The van der Waals surface area contributed by atoms with Crippen molar-refractivity contribution in [1.29, 1.82) is 0 Å². The minimum Gasteiger partial charge on any atom is -0.485 e. The molecular formula is C66H56O10. The van der Waals surface area contributed by atoms with Gasteiger partial charge in [-0.3, -0.25) is 0 Å². The van der Waals surface area contributed by atoms with Gasteiger partial charge >= 0.3 is 11.9 Å². The van der Waals surface area contributed by atoms with Crippen molar-refractivity contribution in [2.24, 2.45) is 0 Å². The molecule has 10 rings (SSSR count). The van der Waals surface area contributed by atoms with Gasteiger partial charge in [-0.15, -0.1) is 0 Å². The molecule has 0 radical (unpaired) electrons. The molecule has 9 aromatic rings. The van der Waals surface area contributed by atoms with Crippen molar-refractivity contribution in [1.82, 2.24) is 0 Å². The van der Waals surface area contributed by atoms with Gasteiger partial charge in [-0.1, -0.05) is 206 Å². The van der Waals surface area contributed by atoms with E-state index in [4.69, 9.17) is 37.9 Å². The molecule has 1 aliphatic carbocycles. The van der Waals surface area contributed by atoms with E-state index in [2.05, 4.69) is 0 Å². The normalized spacial score (nSPS) is 13.6. The van der Waals surface area contributed by atoms with Gasteiger partial charge in [0.25, 0.3) is 0 Å². The van der Waals surface area contributed by atoms with E-state index >= 15 is 0 Å². The molecule has 0 heterocycles. The summed E-state index contributed by atoms with van der Waals surface area (Å²) in [5.41, 5.74) is 7.82. The van der Waals surface area contributed by atoms with Gasteiger partial charge in [-0.25, -0.2) is 9.59 Å². The van der Waals surface area contributed by atoms with Crippen molar-refractivity contribution in [2.75, 3.05) is 0 Å². The minimum atomic E-state index is -0.890. The summed E-state index contributed by atoms with van der Waals surface area (Å²) in [5, 5.41) is 0. The summed E-state index contributed by atoms with van der Waals surface area (Å²) in [6.07, 6.45) is -1.20. The monoisotopic (exact) mass is 1010 g/mol. The Hall–Kier alpha value is -9.28. The molecule has 0 amide bonds. The van der Waals surface area contributed by atoms with Crippen LogP contribution in [0.4, 0.5) is 0 Å². The van der Waals surface area contributed by atoms with E-state index in [0.29, 0.717) is 34.5 Å². The van der Waals surface area contributed by atoms with Crippen LogP contribution in [0.5, 0.6) is 34.5 Å². The number of carbonyl (C=O) groups excluding carboxylic acids is 2. The van der Waals surface area contributed by atoms with E-state index in [1.807, 2.05) is 206 Å². The predicted octanol–water partition coefficient (Wildman–Crippen LogP) is 13.7. The molecule has 2 atom stereocenters. The summed E-state index contributed by atoms with van der Waals surface area (Å²) < 4.78 is 51.9. The van der Waals surface area contributed by atoms with Crippen LogP contribution in [-0.4, -0.2) is 24.1 Å². The average Bonchev–Trinajstić information content (AvgIpc) is 3.49. The first-order chi connectivity index (χ1) is 37.5. The van der Waals surface area contributed by atoms with Crippen molar-refractivity contribution in [3.63, 3.8) is 0 Å². The molecule has 0 saturated heterocycles. The lowest BCUT2D eigenvalue weighted by molar-refractivity contribution is -0.0390. The Morgan fingerprint density at radius 3 is 0.776 bits per heavy atom. The first-order valence-corrected chi connectivity index (χ1v) is 25.3. The smallest absolute Gasteiger partial charge is 0.338 e. The molecule has 0 saturated carbocycles. The molecule has 0 aliphatic heterocycles. The Labute approximate surface area is 442 Å². The Morgan fingerprint density at radius 1 is 0.303 bits per heavy atom. The summed E-state index contributed by atoms with van der Waals surface area (Å²) in [5.74, 6) is 0.511. The van der Waals surface area contributed by atoms with Gasteiger partial charge < -0.3 is 37.9 Å². The Morgan fingerprint density at radius 2 is 0.526 bits per heavy atom. The van der Waals surface area contributed by atoms with E-state index in [1.54, 1.807) is 24.3 Å². The molecule has 0 unspecified atom stereocenters. The number of ether oxygens (including phenoxy) is 8. The van der Waals surface area contributed by atoms with Crippen LogP contribution < -0.4 is 28.4 Å². The highest BCUT2D eigenvalue weighted by molar-refractivity contribution is 5.92. The van der Waals surface area contributed by atoms with Crippen LogP contribution >= 0.6 is 0 Å². The Bertz CT molecular complexity index is 2950. The lowest BCUT2D eigenvalue weighted by Gasteiger charge is -2.32. The first kappa shape index (κ1) is 50.3. The second-order valence-electron chi connectivity index (χ2n) is 18.3. The molecule has 0 spiro atoms. The van der Waals surface area contributed by atoms with Gasteiger partial charge in [-0.2, -0.15) is 0 Å². The van der Waals surface area contributed by atoms with Gasteiger partial charge in [0.05, 0.1) is 11.1 Å². The van der Waals surface area contributed by atoms with Crippen LogP contribution in [0.2, 0.25) is 0 Å².